The van der Waals surface area contributed by atoms with Crippen LogP contribution in [0.1, 0.15) is 5.69 Å². The van der Waals surface area contributed by atoms with E-state index < -0.39 is 0 Å². The number of thiazole rings is 1. The Bertz CT molecular complexity index is 694. The first-order chi connectivity index (χ1) is 10.4. The normalized spacial score (nSPS) is 10.9. The van der Waals surface area contributed by atoms with Crippen molar-refractivity contribution in [2.24, 2.45) is 5.73 Å². The molecule has 2 aromatic heterocycles. The molecule has 2 heterocycles. The van der Waals surface area contributed by atoms with Crippen molar-refractivity contribution in [1.82, 2.24) is 25.2 Å². The van der Waals surface area contributed by atoms with Gasteiger partial charge in [-0.15, -0.1) is 16.4 Å². The molecule has 0 spiro atoms. The van der Waals surface area contributed by atoms with Crippen LogP contribution in [-0.4, -0.2) is 31.7 Å². The number of rotatable bonds is 6. The summed E-state index contributed by atoms with van der Waals surface area (Å²) in [5.74, 6) is 0.744. The number of nitrogens with zero attached hydrogens (tertiary/aromatic N) is 5. The molecule has 0 atom stereocenters. The SMILES string of the molecule is NCCn1nnnc1SCc1csc(-c2ccccc2)n1. The zero-order valence-electron chi connectivity index (χ0n) is 11.2. The van der Waals surface area contributed by atoms with Crippen molar-refractivity contribution in [1.29, 1.82) is 0 Å². The lowest BCUT2D eigenvalue weighted by molar-refractivity contribution is 0.557. The van der Waals surface area contributed by atoms with Crippen LogP contribution in [0.25, 0.3) is 10.6 Å². The maximum Gasteiger partial charge on any atom is 0.209 e. The summed E-state index contributed by atoms with van der Waals surface area (Å²) in [6.07, 6.45) is 0. The van der Waals surface area contributed by atoms with Gasteiger partial charge in [-0.1, -0.05) is 42.1 Å². The van der Waals surface area contributed by atoms with Crippen molar-refractivity contribution in [3.05, 3.63) is 41.4 Å². The molecule has 0 aliphatic carbocycles. The summed E-state index contributed by atoms with van der Waals surface area (Å²) in [7, 11) is 0. The summed E-state index contributed by atoms with van der Waals surface area (Å²) in [6, 6.07) is 10.2. The fraction of sp³-hybridized carbons (Fsp3) is 0.231. The van der Waals surface area contributed by atoms with Gasteiger partial charge in [0.1, 0.15) is 5.01 Å². The van der Waals surface area contributed by atoms with Gasteiger partial charge >= 0.3 is 0 Å². The van der Waals surface area contributed by atoms with Gasteiger partial charge in [0.05, 0.1) is 12.2 Å². The van der Waals surface area contributed by atoms with Crippen LogP contribution >= 0.6 is 23.1 Å². The third kappa shape index (κ3) is 3.46. The molecule has 1 aromatic carbocycles. The van der Waals surface area contributed by atoms with Crippen molar-refractivity contribution >= 4 is 23.1 Å². The molecule has 8 heteroatoms. The van der Waals surface area contributed by atoms with Gasteiger partial charge in [0.15, 0.2) is 0 Å². The molecule has 108 valence electrons. The van der Waals surface area contributed by atoms with Crippen molar-refractivity contribution in [3.63, 3.8) is 0 Å². The molecule has 0 unspecified atom stereocenters. The maximum absolute atomic E-state index is 5.53. The molecule has 21 heavy (non-hydrogen) atoms. The van der Waals surface area contributed by atoms with Crippen LogP contribution in [0.5, 0.6) is 0 Å². The van der Waals surface area contributed by atoms with Gasteiger partial charge in [-0.2, -0.15) is 0 Å². The molecule has 0 fully saturated rings. The molecule has 0 amide bonds. The van der Waals surface area contributed by atoms with Crippen LogP contribution in [0.2, 0.25) is 0 Å². The Hall–Kier alpha value is -1.77. The molecule has 3 rings (SSSR count). The van der Waals surface area contributed by atoms with E-state index in [9.17, 15) is 0 Å². The lowest BCUT2D eigenvalue weighted by Gasteiger charge is -2.00. The average Bonchev–Trinajstić information content (AvgIpc) is 3.16. The number of hydrogen-bond acceptors (Lipinski definition) is 7. The molecule has 0 aliphatic heterocycles. The van der Waals surface area contributed by atoms with Crippen LogP contribution in [-0.2, 0) is 12.3 Å². The molecule has 0 saturated carbocycles. The topological polar surface area (TPSA) is 82.5 Å². The molecular formula is C13H14N6S2. The Labute approximate surface area is 130 Å². The van der Waals surface area contributed by atoms with Crippen LogP contribution in [0.15, 0.2) is 40.9 Å². The van der Waals surface area contributed by atoms with Gasteiger partial charge in [-0.3, -0.25) is 0 Å². The lowest BCUT2D eigenvalue weighted by Crippen LogP contribution is -2.12. The fourth-order valence-corrected chi connectivity index (χ4v) is 3.51. The highest BCUT2D eigenvalue weighted by Crippen LogP contribution is 2.26. The van der Waals surface area contributed by atoms with Crippen molar-refractivity contribution in [2.45, 2.75) is 17.5 Å². The Balaban J connectivity index is 1.66. The van der Waals surface area contributed by atoms with Crippen LogP contribution in [0.3, 0.4) is 0 Å². The van der Waals surface area contributed by atoms with Crippen molar-refractivity contribution < 1.29 is 0 Å². The van der Waals surface area contributed by atoms with E-state index in [0.717, 1.165) is 27.2 Å². The van der Waals surface area contributed by atoms with E-state index in [0.29, 0.717) is 13.1 Å². The molecule has 0 radical (unpaired) electrons. The van der Waals surface area contributed by atoms with Crippen molar-refractivity contribution in [3.8, 4) is 10.6 Å². The minimum atomic E-state index is 0.521. The first-order valence-corrected chi connectivity index (χ1v) is 8.32. The fourth-order valence-electron chi connectivity index (χ4n) is 1.79. The lowest BCUT2D eigenvalue weighted by atomic mass is 10.2. The van der Waals surface area contributed by atoms with Gasteiger partial charge in [0, 0.05) is 23.2 Å². The summed E-state index contributed by atoms with van der Waals surface area (Å²) in [5.41, 5.74) is 7.71. The van der Waals surface area contributed by atoms with Crippen LogP contribution in [0.4, 0.5) is 0 Å². The predicted molar refractivity (Wildman–Crippen MR) is 84.0 cm³/mol. The van der Waals surface area contributed by atoms with Gasteiger partial charge < -0.3 is 5.73 Å². The van der Waals surface area contributed by atoms with Gasteiger partial charge in [0.2, 0.25) is 5.16 Å². The first-order valence-electron chi connectivity index (χ1n) is 6.45. The summed E-state index contributed by atoms with van der Waals surface area (Å²) < 4.78 is 1.72. The van der Waals surface area contributed by atoms with E-state index >= 15 is 0 Å². The number of thioether (sulfide) groups is 1. The van der Waals surface area contributed by atoms with Gasteiger partial charge in [-0.25, -0.2) is 9.67 Å². The van der Waals surface area contributed by atoms with E-state index in [4.69, 9.17) is 5.73 Å². The Kier molecular flexibility index (Phi) is 4.59. The first kappa shape index (κ1) is 14.2. The average molecular weight is 318 g/mol. The predicted octanol–water partition coefficient (Wildman–Crippen LogP) is 2.05. The molecule has 0 aliphatic rings. The highest BCUT2D eigenvalue weighted by molar-refractivity contribution is 7.98. The summed E-state index contributed by atoms with van der Waals surface area (Å²) in [5, 5.41) is 15.5. The molecular weight excluding hydrogens is 304 g/mol. The molecule has 0 bridgehead atoms. The maximum atomic E-state index is 5.53. The quantitative estimate of drug-likeness (QED) is 0.700. The van der Waals surface area contributed by atoms with E-state index in [1.807, 2.05) is 18.2 Å². The Morgan fingerprint density at radius 1 is 1.24 bits per heavy atom. The second-order valence-corrected chi connectivity index (χ2v) is 6.07. The number of aromatic nitrogens is 5. The summed E-state index contributed by atoms with van der Waals surface area (Å²) >= 11 is 3.22. The molecule has 2 N–H and O–H groups in total. The molecule has 0 saturated heterocycles. The summed E-state index contributed by atoms with van der Waals surface area (Å²) in [6.45, 7) is 1.15. The number of hydrogen-bond donors (Lipinski definition) is 1. The van der Waals surface area contributed by atoms with E-state index in [1.165, 1.54) is 0 Å². The number of tetrazole rings is 1. The minimum absolute atomic E-state index is 0.521. The van der Waals surface area contributed by atoms with E-state index in [1.54, 1.807) is 27.8 Å². The van der Waals surface area contributed by atoms with E-state index in [-0.39, 0.29) is 0 Å². The third-order valence-corrected chi connectivity index (χ3v) is 4.69. The van der Waals surface area contributed by atoms with Crippen molar-refractivity contribution in [2.75, 3.05) is 6.54 Å². The smallest absolute Gasteiger partial charge is 0.209 e. The minimum Gasteiger partial charge on any atom is -0.329 e. The van der Waals surface area contributed by atoms with Gasteiger partial charge in [0.25, 0.3) is 0 Å². The number of benzene rings is 1. The Morgan fingerprint density at radius 2 is 2.10 bits per heavy atom. The highest BCUT2D eigenvalue weighted by atomic mass is 32.2. The molecule has 3 aromatic rings. The monoisotopic (exact) mass is 318 g/mol. The van der Waals surface area contributed by atoms with Gasteiger partial charge in [-0.05, 0) is 10.4 Å². The van der Waals surface area contributed by atoms with Crippen LogP contribution < -0.4 is 5.73 Å². The zero-order valence-corrected chi connectivity index (χ0v) is 12.8. The highest BCUT2D eigenvalue weighted by Gasteiger charge is 2.09. The molecule has 6 nitrogen and oxygen atoms in total. The second kappa shape index (κ2) is 6.79. The van der Waals surface area contributed by atoms with E-state index in [2.05, 4.69) is 38.0 Å². The zero-order chi connectivity index (χ0) is 14.5. The van der Waals surface area contributed by atoms with Crippen LogP contribution in [0, 0.1) is 0 Å². The second-order valence-electron chi connectivity index (χ2n) is 4.27. The third-order valence-electron chi connectivity index (χ3n) is 2.76. The summed E-state index contributed by atoms with van der Waals surface area (Å²) in [4.78, 5) is 4.65. The largest absolute Gasteiger partial charge is 0.329 e. The number of nitrogens with two attached hydrogens (primary N) is 1. The standard InChI is InChI=1S/C13H14N6S2/c14-6-7-19-13(16-17-18-19)21-9-11-8-20-12(15-11)10-4-2-1-3-5-10/h1-5,8H,6-7,9,14H2. The Morgan fingerprint density at radius 3 is 2.90 bits per heavy atom.